The van der Waals surface area contributed by atoms with Crippen LogP contribution in [0, 0.1) is 13.8 Å². The highest BCUT2D eigenvalue weighted by Crippen LogP contribution is 2.15. The Hall–Kier alpha value is -1.06. The zero-order chi connectivity index (χ0) is 15.1. The average molecular weight is 311 g/mol. The maximum atomic E-state index is 5.76. The monoisotopic (exact) mass is 310 g/mol. The fraction of sp³-hybridized carbons (Fsp3) is 0.250. The number of halogens is 2. The van der Waals surface area contributed by atoms with Gasteiger partial charge in [0.05, 0.1) is 0 Å². The lowest BCUT2D eigenvalue weighted by Gasteiger charge is -2.04. The van der Waals surface area contributed by atoms with Crippen LogP contribution in [0.25, 0.3) is 0 Å². The highest BCUT2D eigenvalue weighted by molar-refractivity contribution is 6.30. The van der Waals surface area contributed by atoms with E-state index in [2.05, 4.69) is 13.8 Å². The van der Waals surface area contributed by atoms with E-state index in [-0.39, 0.29) is 0 Å². The van der Waals surface area contributed by atoms with Gasteiger partial charge in [0.15, 0.2) is 0 Å². The molecule has 0 radical (unpaired) electrons. The molecule has 2 rings (SSSR count). The van der Waals surface area contributed by atoms with E-state index >= 15 is 0 Å². The van der Waals surface area contributed by atoms with Gasteiger partial charge in [-0.15, -0.1) is 0 Å². The fourth-order valence-corrected chi connectivity index (χ4v) is 2.11. The minimum atomic E-state index is 0.493. The van der Waals surface area contributed by atoms with Crippen LogP contribution in [0.3, 0.4) is 0 Å². The third kappa shape index (κ3) is 5.14. The molecule has 0 saturated heterocycles. The van der Waals surface area contributed by atoms with Crippen LogP contribution < -0.4 is 11.5 Å². The summed E-state index contributed by atoms with van der Waals surface area (Å²) in [6, 6.07) is 11.5. The summed E-state index contributed by atoms with van der Waals surface area (Å²) in [4.78, 5) is 0. The zero-order valence-electron chi connectivity index (χ0n) is 11.8. The van der Waals surface area contributed by atoms with Gasteiger partial charge in [-0.05, 0) is 60.4 Å². The van der Waals surface area contributed by atoms with Gasteiger partial charge in [-0.2, -0.15) is 0 Å². The van der Waals surface area contributed by atoms with Crippen molar-refractivity contribution in [2.24, 2.45) is 11.5 Å². The molecule has 2 nitrogen and oxygen atoms in total. The number of rotatable bonds is 2. The van der Waals surface area contributed by atoms with Crippen LogP contribution in [0.15, 0.2) is 36.4 Å². The van der Waals surface area contributed by atoms with Gasteiger partial charge in [0, 0.05) is 23.1 Å². The van der Waals surface area contributed by atoms with E-state index in [1.807, 2.05) is 36.4 Å². The van der Waals surface area contributed by atoms with E-state index in [4.69, 9.17) is 34.7 Å². The van der Waals surface area contributed by atoms with Gasteiger partial charge in [-0.25, -0.2) is 0 Å². The first-order valence-corrected chi connectivity index (χ1v) is 7.13. The van der Waals surface area contributed by atoms with Crippen LogP contribution in [0.1, 0.15) is 22.3 Å². The Morgan fingerprint density at radius 2 is 1.30 bits per heavy atom. The van der Waals surface area contributed by atoms with Crippen molar-refractivity contribution in [3.63, 3.8) is 0 Å². The van der Waals surface area contributed by atoms with Gasteiger partial charge in [0.25, 0.3) is 0 Å². The molecule has 4 heteroatoms. The summed E-state index contributed by atoms with van der Waals surface area (Å²) in [6.07, 6.45) is 0. The maximum absolute atomic E-state index is 5.76. The van der Waals surface area contributed by atoms with Crippen molar-refractivity contribution in [3.8, 4) is 0 Å². The molecule has 2 aromatic rings. The first-order chi connectivity index (χ1) is 9.47. The standard InChI is InChI=1S/C8H11ClN2.C8H9Cl/c9-8-2-1-6(4-10)7(3-8)5-11;1-6-3-4-8(9)5-7(6)2/h1-3H,4-5,10-11H2;3-5H,1-2H3. The summed E-state index contributed by atoms with van der Waals surface area (Å²) >= 11 is 11.5. The first-order valence-electron chi connectivity index (χ1n) is 6.38. The number of benzene rings is 2. The minimum Gasteiger partial charge on any atom is -0.326 e. The van der Waals surface area contributed by atoms with Gasteiger partial charge < -0.3 is 11.5 Å². The molecule has 0 atom stereocenters. The molecule has 0 aromatic heterocycles. The Kier molecular flexibility index (Phi) is 7.03. The molecule has 0 saturated carbocycles. The number of hydrogen-bond acceptors (Lipinski definition) is 2. The van der Waals surface area contributed by atoms with Crippen LogP contribution in [0.2, 0.25) is 10.0 Å². The largest absolute Gasteiger partial charge is 0.326 e. The van der Waals surface area contributed by atoms with Crippen LogP contribution in [-0.4, -0.2) is 0 Å². The zero-order valence-corrected chi connectivity index (χ0v) is 13.3. The maximum Gasteiger partial charge on any atom is 0.0409 e. The van der Waals surface area contributed by atoms with Gasteiger partial charge in [0.2, 0.25) is 0 Å². The van der Waals surface area contributed by atoms with E-state index in [1.54, 1.807) is 0 Å². The van der Waals surface area contributed by atoms with Gasteiger partial charge >= 0.3 is 0 Å². The summed E-state index contributed by atoms with van der Waals surface area (Å²) in [5.74, 6) is 0. The Morgan fingerprint density at radius 1 is 0.750 bits per heavy atom. The van der Waals surface area contributed by atoms with Crippen molar-refractivity contribution >= 4 is 23.2 Å². The molecule has 0 unspecified atom stereocenters. The van der Waals surface area contributed by atoms with E-state index in [0.29, 0.717) is 18.1 Å². The Morgan fingerprint density at radius 3 is 1.80 bits per heavy atom. The van der Waals surface area contributed by atoms with Gasteiger partial charge in [-0.3, -0.25) is 0 Å². The molecule has 20 heavy (non-hydrogen) atoms. The third-order valence-electron chi connectivity index (χ3n) is 3.08. The second-order valence-electron chi connectivity index (χ2n) is 4.55. The van der Waals surface area contributed by atoms with Crippen molar-refractivity contribution in [2.75, 3.05) is 0 Å². The number of hydrogen-bond donors (Lipinski definition) is 2. The minimum absolute atomic E-state index is 0.493. The second-order valence-corrected chi connectivity index (χ2v) is 5.42. The smallest absolute Gasteiger partial charge is 0.0409 e. The number of nitrogens with two attached hydrogens (primary N) is 2. The lowest BCUT2D eigenvalue weighted by atomic mass is 10.1. The summed E-state index contributed by atoms with van der Waals surface area (Å²) in [5.41, 5.74) is 15.6. The second kappa shape index (κ2) is 8.28. The Balaban J connectivity index is 0.000000204. The first kappa shape index (κ1) is 17.0. The average Bonchev–Trinajstić information content (AvgIpc) is 2.44. The molecule has 0 aliphatic carbocycles. The SMILES string of the molecule is Cc1ccc(Cl)cc1C.NCc1ccc(Cl)cc1CN. The van der Waals surface area contributed by atoms with Crippen molar-refractivity contribution in [1.82, 2.24) is 0 Å². The lowest BCUT2D eigenvalue weighted by molar-refractivity contribution is 0.980. The summed E-state index contributed by atoms with van der Waals surface area (Å²) in [5, 5.41) is 1.53. The highest BCUT2D eigenvalue weighted by atomic mass is 35.5. The molecule has 108 valence electrons. The Bertz CT molecular complexity index is 568. The van der Waals surface area contributed by atoms with Crippen molar-refractivity contribution in [3.05, 3.63) is 68.7 Å². The molecular formula is C16H20Cl2N2. The molecule has 4 N–H and O–H groups in total. The van der Waals surface area contributed by atoms with Gasteiger partial charge in [-0.1, -0.05) is 35.3 Å². The predicted octanol–water partition coefficient (Wildman–Crippen LogP) is 4.21. The Labute approximate surface area is 130 Å². The van der Waals surface area contributed by atoms with Crippen LogP contribution in [0.4, 0.5) is 0 Å². The van der Waals surface area contributed by atoms with Gasteiger partial charge in [0.1, 0.15) is 0 Å². The van der Waals surface area contributed by atoms with E-state index in [0.717, 1.165) is 16.1 Å². The molecule has 0 aliphatic rings. The van der Waals surface area contributed by atoms with E-state index in [1.165, 1.54) is 11.1 Å². The molecule has 0 fully saturated rings. The summed E-state index contributed by atoms with van der Waals surface area (Å²) in [7, 11) is 0. The van der Waals surface area contributed by atoms with Crippen LogP contribution in [0.5, 0.6) is 0 Å². The van der Waals surface area contributed by atoms with Crippen LogP contribution >= 0.6 is 23.2 Å². The molecule has 2 aromatic carbocycles. The fourth-order valence-electron chi connectivity index (χ4n) is 1.69. The highest BCUT2D eigenvalue weighted by Gasteiger charge is 1.98. The summed E-state index contributed by atoms with van der Waals surface area (Å²) < 4.78 is 0. The predicted molar refractivity (Wildman–Crippen MR) is 88.2 cm³/mol. The molecule has 0 bridgehead atoms. The normalized spacial score (nSPS) is 9.90. The van der Waals surface area contributed by atoms with E-state index in [9.17, 15) is 0 Å². The molecule has 0 spiro atoms. The molecule has 0 heterocycles. The summed E-state index contributed by atoms with van der Waals surface area (Å²) in [6.45, 7) is 5.14. The van der Waals surface area contributed by atoms with Crippen molar-refractivity contribution < 1.29 is 0 Å². The van der Waals surface area contributed by atoms with Crippen molar-refractivity contribution in [2.45, 2.75) is 26.9 Å². The lowest BCUT2D eigenvalue weighted by Crippen LogP contribution is -2.05. The topological polar surface area (TPSA) is 52.0 Å². The van der Waals surface area contributed by atoms with Crippen LogP contribution in [-0.2, 0) is 13.1 Å². The molecule has 0 aliphatic heterocycles. The third-order valence-corrected chi connectivity index (χ3v) is 3.55. The molecular weight excluding hydrogens is 291 g/mol. The number of aryl methyl sites for hydroxylation is 2. The molecule has 0 amide bonds. The quantitative estimate of drug-likeness (QED) is 0.872. The van der Waals surface area contributed by atoms with E-state index < -0.39 is 0 Å². The van der Waals surface area contributed by atoms with Crippen molar-refractivity contribution in [1.29, 1.82) is 0 Å².